The molecule has 5 rings (SSSR count). The zero-order valence-electron chi connectivity index (χ0n) is 19.4. The first-order valence-corrected chi connectivity index (χ1v) is 11.6. The van der Waals surface area contributed by atoms with Gasteiger partial charge in [-0.2, -0.15) is 5.10 Å². The fraction of sp³-hybridized carbons (Fsp3) is 0.143. The molecule has 0 aliphatic heterocycles. The number of hydrogen-bond acceptors (Lipinski definition) is 4. The van der Waals surface area contributed by atoms with E-state index < -0.39 is 5.92 Å². The molecule has 0 aliphatic carbocycles. The van der Waals surface area contributed by atoms with E-state index in [1.165, 1.54) is 29.2 Å². The zero-order chi connectivity index (χ0) is 24.9. The highest BCUT2D eigenvalue weighted by Gasteiger charge is 2.22. The topological polar surface area (TPSA) is 81.8 Å². The predicted octanol–water partition coefficient (Wildman–Crippen LogP) is 3.73. The van der Waals surface area contributed by atoms with Crippen molar-refractivity contribution in [3.05, 3.63) is 130 Å². The van der Waals surface area contributed by atoms with Gasteiger partial charge in [0, 0.05) is 6.54 Å². The van der Waals surface area contributed by atoms with Crippen molar-refractivity contribution in [1.82, 2.24) is 24.6 Å². The molecule has 2 aromatic heterocycles. The Bertz CT molecular complexity index is 1510. The summed E-state index contributed by atoms with van der Waals surface area (Å²) in [4.78, 5) is 30.5. The van der Waals surface area contributed by atoms with E-state index in [1.54, 1.807) is 16.8 Å². The Kier molecular flexibility index (Phi) is 6.66. The van der Waals surface area contributed by atoms with Crippen molar-refractivity contribution < 1.29 is 9.18 Å². The molecule has 8 heteroatoms. The van der Waals surface area contributed by atoms with Crippen LogP contribution in [0.4, 0.5) is 4.39 Å². The molecule has 0 saturated heterocycles. The van der Waals surface area contributed by atoms with Crippen LogP contribution in [0.1, 0.15) is 22.6 Å². The van der Waals surface area contributed by atoms with Crippen molar-refractivity contribution in [3.63, 3.8) is 0 Å². The summed E-state index contributed by atoms with van der Waals surface area (Å²) in [6, 6.07) is 25.4. The summed E-state index contributed by atoms with van der Waals surface area (Å²) < 4.78 is 16.5. The zero-order valence-corrected chi connectivity index (χ0v) is 19.4. The number of nitrogens with zero attached hydrogens (tertiary/aromatic N) is 4. The maximum Gasteiger partial charge on any atom is 0.264 e. The van der Waals surface area contributed by atoms with Crippen LogP contribution in [0.2, 0.25) is 0 Å². The molecule has 0 aliphatic rings. The Morgan fingerprint density at radius 1 is 0.944 bits per heavy atom. The Balaban J connectivity index is 1.30. The molecule has 0 fully saturated rings. The maximum atomic E-state index is 13.5. The molecule has 3 aromatic carbocycles. The predicted molar refractivity (Wildman–Crippen MR) is 135 cm³/mol. The number of hydrogen-bond donors (Lipinski definition) is 1. The van der Waals surface area contributed by atoms with Crippen LogP contribution in [0.3, 0.4) is 0 Å². The quantitative estimate of drug-likeness (QED) is 0.366. The van der Waals surface area contributed by atoms with Crippen LogP contribution in [0.25, 0.3) is 11.0 Å². The number of amides is 1. The molecule has 2 heterocycles. The number of rotatable bonds is 8. The van der Waals surface area contributed by atoms with E-state index >= 15 is 0 Å². The van der Waals surface area contributed by atoms with Crippen molar-refractivity contribution in [2.45, 2.75) is 19.0 Å². The van der Waals surface area contributed by atoms with Gasteiger partial charge in [-0.15, -0.1) is 0 Å². The van der Waals surface area contributed by atoms with Gasteiger partial charge in [0.1, 0.15) is 17.5 Å². The largest absolute Gasteiger partial charge is 0.353 e. The molecule has 7 nitrogen and oxygen atoms in total. The van der Waals surface area contributed by atoms with Gasteiger partial charge in [0.25, 0.3) is 5.56 Å². The maximum absolute atomic E-state index is 13.5. The van der Waals surface area contributed by atoms with Crippen LogP contribution in [0.5, 0.6) is 0 Å². The minimum atomic E-state index is -0.435. The van der Waals surface area contributed by atoms with Gasteiger partial charge in [0.15, 0.2) is 5.65 Å². The van der Waals surface area contributed by atoms with Gasteiger partial charge in [-0.25, -0.2) is 14.1 Å². The highest BCUT2D eigenvalue weighted by Crippen LogP contribution is 2.24. The van der Waals surface area contributed by atoms with Crippen LogP contribution in [0.15, 0.2) is 102 Å². The molecule has 0 unspecified atom stereocenters. The second kappa shape index (κ2) is 10.4. The van der Waals surface area contributed by atoms with E-state index in [0.717, 1.165) is 11.1 Å². The Hall–Kier alpha value is -4.59. The summed E-state index contributed by atoms with van der Waals surface area (Å²) in [7, 11) is 0. The number of benzene rings is 3. The third-order valence-corrected chi connectivity index (χ3v) is 6.02. The molecule has 1 amide bonds. The second-order valence-electron chi connectivity index (χ2n) is 8.46. The summed E-state index contributed by atoms with van der Waals surface area (Å²) in [5.41, 5.74) is 2.66. The average Bonchev–Trinajstić information content (AvgIpc) is 3.31. The van der Waals surface area contributed by atoms with Gasteiger partial charge < -0.3 is 5.32 Å². The summed E-state index contributed by atoms with van der Waals surface area (Å²) >= 11 is 0. The van der Waals surface area contributed by atoms with Crippen LogP contribution >= 0.6 is 0 Å². The molecule has 180 valence electrons. The third kappa shape index (κ3) is 4.93. The molecular weight excluding hydrogens is 457 g/mol. The van der Waals surface area contributed by atoms with Crippen LogP contribution in [0, 0.1) is 5.82 Å². The first kappa shape index (κ1) is 23.2. The smallest absolute Gasteiger partial charge is 0.264 e. The number of carbonyl (C=O) groups is 1. The molecule has 0 bridgehead atoms. The standard InChI is InChI=1S/C28H24FN5O2/c29-23-13-7-8-20(16-23)18-33-19-31-26-24(28(33)36)17-32-34(26)15-14-30-27(35)25(21-9-3-1-4-10-21)22-11-5-2-6-12-22/h1-13,16-17,19,25H,14-15,18H2,(H,30,35). The van der Waals surface area contributed by atoms with E-state index in [4.69, 9.17) is 0 Å². The summed E-state index contributed by atoms with van der Waals surface area (Å²) in [6.45, 7) is 0.882. The van der Waals surface area contributed by atoms with Crippen molar-refractivity contribution in [3.8, 4) is 0 Å². The fourth-order valence-electron chi connectivity index (χ4n) is 4.28. The van der Waals surface area contributed by atoms with Gasteiger partial charge in [-0.1, -0.05) is 72.8 Å². The lowest BCUT2D eigenvalue weighted by atomic mass is 9.90. The number of carbonyl (C=O) groups excluding carboxylic acids is 1. The molecule has 1 N–H and O–H groups in total. The van der Waals surface area contributed by atoms with Gasteiger partial charge in [-0.05, 0) is 28.8 Å². The first-order valence-electron chi connectivity index (χ1n) is 11.6. The van der Waals surface area contributed by atoms with Crippen molar-refractivity contribution in [1.29, 1.82) is 0 Å². The lowest BCUT2D eigenvalue weighted by molar-refractivity contribution is -0.121. The van der Waals surface area contributed by atoms with Crippen molar-refractivity contribution >= 4 is 16.9 Å². The normalized spacial score (nSPS) is 11.2. The highest BCUT2D eigenvalue weighted by molar-refractivity contribution is 5.87. The number of halogens is 1. The van der Waals surface area contributed by atoms with E-state index in [0.29, 0.717) is 29.7 Å². The van der Waals surface area contributed by atoms with E-state index in [1.807, 2.05) is 60.7 Å². The Morgan fingerprint density at radius 2 is 1.64 bits per heavy atom. The minimum absolute atomic E-state index is 0.116. The SMILES string of the molecule is O=C(NCCn1ncc2c(=O)n(Cc3cccc(F)c3)cnc21)C(c1ccccc1)c1ccccc1. The molecule has 0 spiro atoms. The molecule has 0 saturated carbocycles. The molecular formula is C28H24FN5O2. The molecule has 0 radical (unpaired) electrons. The fourth-order valence-corrected chi connectivity index (χ4v) is 4.28. The van der Waals surface area contributed by atoms with E-state index in [2.05, 4.69) is 15.4 Å². The summed E-state index contributed by atoms with van der Waals surface area (Å²) in [6.07, 6.45) is 2.92. The molecule has 5 aromatic rings. The summed E-state index contributed by atoms with van der Waals surface area (Å²) in [5.74, 6) is -0.907. The first-order chi connectivity index (χ1) is 17.6. The van der Waals surface area contributed by atoms with Gasteiger partial charge in [0.2, 0.25) is 5.91 Å². The van der Waals surface area contributed by atoms with Crippen LogP contribution in [-0.2, 0) is 17.9 Å². The second-order valence-corrected chi connectivity index (χ2v) is 8.46. The van der Waals surface area contributed by atoms with Crippen molar-refractivity contribution in [2.24, 2.45) is 0 Å². The number of fused-ring (bicyclic) bond motifs is 1. The van der Waals surface area contributed by atoms with E-state index in [9.17, 15) is 14.0 Å². The monoisotopic (exact) mass is 481 g/mol. The molecule has 0 atom stereocenters. The van der Waals surface area contributed by atoms with Gasteiger partial charge >= 0.3 is 0 Å². The van der Waals surface area contributed by atoms with Crippen LogP contribution < -0.4 is 10.9 Å². The lowest BCUT2D eigenvalue weighted by Gasteiger charge is -2.18. The van der Waals surface area contributed by atoms with E-state index in [-0.39, 0.29) is 23.8 Å². The molecule has 36 heavy (non-hydrogen) atoms. The summed E-state index contributed by atoms with van der Waals surface area (Å²) in [5, 5.41) is 7.67. The number of nitrogens with one attached hydrogen (secondary N) is 1. The Morgan fingerprint density at radius 3 is 2.31 bits per heavy atom. The van der Waals surface area contributed by atoms with Gasteiger partial charge in [0.05, 0.1) is 25.2 Å². The average molecular weight is 482 g/mol. The van der Waals surface area contributed by atoms with Crippen LogP contribution in [-0.4, -0.2) is 31.8 Å². The Labute approximate surface area is 206 Å². The highest BCUT2D eigenvalue weighted by atomic mass is 19.1. The van der Waals surface area contributed by atoms with Crippen molar-refractivity contribution in [2.75, 3.05) is 6.54 Å². The third-order valence-electron chi connectivity index (χ3n) is 6.02. The number of aromatic nitrogens is 4. The minimum Gasteiger partial charge on any atom is -0.353 e. The van der Waals surface area contributed by atoms with Gasteiger partial charge in [-0.3, -0.25) is 14.2 Å². The lowest BCUT2D eigenvalue weighted by Crippen LogP contribution is -2.32.